The average Bonchev–Trinajstić information content (AvgIpc) is 3.25. The van der Waals surface area contributed by atoms with Gasteiger partial charge in [0.25, 0.3) is 11.1 Å². The van der Waals surface area contributed by atoms with Crippen LogP contribution in [0.5, 0.6) is 0 Å². The number of amides is 3. The number of fused-ring (bicyclic) bond motifs is 1. The lowest BCUT2D eigenvalue weighted by molar-refractivity contribution is -0.150. The van der Waals surface area contributed by atoms with Crippen molar-refractivity contribution in [1.82, 2.24) is 15.5 Å². The molecule has 2 aliphatic rings. The van der Waals surface area contributed by atoms with E-state index in [1.807, 2.05) is 23.6 Å². The van der Waals surface area contributed by atoms with Gasteiger partial charge in [0.1, 0.15) is 11.4 Å². The second kappa shape index (κ2) is 9.16. The van der Waals surface area contributed by atoms with Crippen LogP contribution in [0.3, 0.4) is 0 Å². The molecule has 4 rings (SSSR count). The molecule has 0 saturated carbocycles. The number of rotatable bonds is 6. The summed E-state index contributed by atoms with van der Waals surface area (Å²) in [5.74, 6) is -1.90. The first kappa shape index (κ1) is 21.5. The van der Waals surface area contributed by atoms with Crippen LogP contribution in [0.25, 0.3) is 0 Å². The number of hydrogen-bond donors (Lipinski definition) is 3. The van der Waals surface area contributed by atoms with Crippen molar-refractivity contribution in [2.24, 2.45) is 0 Å². The highest BCUT2D eigenvalue weighted by Crippen LogP contribution is 2.40. The van der Waals surface area contributed by atoms with Crippen molar-refractivity contribution in [3.8, 4) is 0 Å². The Balaban J connectivity index is 1.43. The first-order valence-electron chi connectivity index (χ1n) is 9.21. The molecule has 31 heavy (non-hydrogen) atoms. The molecule has 3 amide bonds. The summed E-state index contributed by atoms with van der Waals surface area (Å²) in [4.78, 5) is 51.9. The number of carbonyl (C=O) groups is 4. The molecule has 0 spiro atoms. The molecule has 160 valence electrons. The molecule has 0 bridgehead atoms. The Hall–Kier alpha value is -2.76. The molecular weight excluding hydrogens is 458 g/mol. The molecule has 2 atom stereocenters. The number of benzene rings is 1. The number of nitrogens with one attached hydrogen (secondary N) is 2. The highest BCUT2D eigenvalue weighted by Gasteiger charge is 2.54. The highest BCUT2D eigenvalue weighted by atomic mass is 32.2. The normalized spacial score (nSPS) is 20.0. The third kappa shape index (κ3) is 4.63. The van der Waals surface area contributed by atoms with E-state index >= 15 is 0 Å². The summed E-state index contributed by atoms with van der Waals surface area (Å²) < 4.78 is 0. The Labute approximate surface area is 190 Å². The second-order valence-corrected chi connectivity index (χ2v) is 9.85. The van der Waals surface area contributed by atoms with Gasteiger partial charge in [-0.1, -0.05) is 24.3 Å². The SMILES string of the molecule is O=C(Cc1cccs1)NC1C(=O)N2C(C(=O)O)=C(NC(=O)Sc3ccccc3)CS[C@@H]12. The summed E-state index contributed by atoms with van der Waals surface area (Å²) in [5, 5.41) is 15.9. The van der Waals surface area contributed by atoms with E-state index in [4.69, 9.17) is 0 Å². The lowest BCUT2D eigenvalue weighted by Gasteiger charge is -2.49. The summed E-state index contributed by atoms with van der Waals surface area (Å²) in [6.45, 7) is 0. The minimum Gasteiger partial charge on any atom is -0.477 e. The fourth-order valence-electron chi connectivity index (χ4n) is 3.26. The van der Waals surface area contributed by atoms with Crippen LogP contribution in [0.1, 0.15) is 4.88 Å². The molecule has 11 heteroatoms. The summed E-state index contributed by atoms with van der Waals surface area (Å²) >= 11 is 3.69. The maximum atomic E-state index is 12.7. The molecule has 1 aromatic carbocycles. The van der Waals surface area contributed by atoms with Crippen molar-refractivity contribution < 1.29 is 24.3 Å². The fourth-order valence-corrected chi connectivity index (χ4v) is 5.92. The summed E-state index contributed by atoms with van der Waals surface area (Å²) in [6, 6.07) is 11.8. The third-order valence-electron chi connectivity index (χ3n) is 4.61. The van der Waals surface area contributed by atoms with Crippen LogP contribution in [0, 0.1) is 0 Å². The monoisotopic (exact) mass is 475 g/mol. The first-order valence-corrected chi connectivity index (χ1v) is 12.0. The van der Waals surface area contributed by atoms with E-state index in [9.17, 15) is 24.3 Å². The third-order valence-corrected chi connectivity index (χ3v) is 7.56. The summed E-state index contributed by atoms with van der Waals surface area (Å²) in [6.07, 6.45) is 0.165. The van der Waals surface area contributed by atoms with Gasteiger partial charge < -0.3 is 15.7 Å². The lowest BCUT2D eigenvalue weighted by atomic mass is 10.0. The van der Waals surface area contributed by atoms with Gasteiger partial charge in [-0.3, -0.25) is 19.3 Å². The van der Waals surface area contributed by atoms with E-state index in [1.165, 1.54) is 23.1 Å². The van der Waals surface area contributed by atoms with E-state index in [0.29, 0.717) is 4.90 Å². The van der Waals surface area contributed by atoms with Crippen molar-refractivity contribution in [1.29, 1.82) is 0 Å². The van der Waals surface area contributed by atoms with Gasteiger partial charge in [0, 0.05) is 15.5 Å². The molecular formula is C20H17N3O5S3. The molecule has 1 unspecified atom stereocenters. The van der Waals surface area contributed by atoms with Crippen LogP contribution in [0.4, 0.5) is 4.79 Å². The maximum absolute atomic E-state index is 12.7. The van der Waals surface area contributed by atoms with Gasteiger partial charge in [-0.05, 0) is 35.3 Å². The smallest absolute Gasteiger partial charge is 0.354 e. The first-order chi connectivity index (χ1) is 14.9. The van der Waals surface area contributed by atoms with Crippen LogP contribution in [0.15, 0.2) is 64.1 Å². The van der Waals surface area contributed by atoms with Gasteiger partial charge in [-0.15, -0.1) is 23.1 Å². The van der Waals surface area contributed by atoms with Crippen molar-refractivity contribution >= 4 is 57.9 Å². The molecule has 3 heterocycles. The minimum atomic E-state index is -1.30. The number of aliphatic carboxylic acids is 1. The van der Waals surface area contributed by atoms with Crippen molar-refractivity contribution in [3.63, 3.8) is 0 Å². The summed E-state index contributed by atoms with van der Waals surface area (Å²) in [7, 11) is 0. The average molecular weight is 476 g/mol. The summed E-state index contributed by atoms with van der Waals surface area (Å²) in [5.41, 5.74) is -0.0848. The van der Waals surface area contributed by atoms with E-state index in [-0.39, 0.29) is 29.5 Å². The van der Waals surface area contributed by atoms with E-state index in [2.05, 4.69) is 10.6 Å². The zero-order valence-corrected chi connectivity index (χ0v) is 18.4. The number of hydrogen-bond acceptors (Lipinski definition) is 7. The number of nitrogens with zero attached hydrogens (tertiary/aromatic N) is 1. The van der Waals surface area contributed by atoms with Crippen molar-refractivity contribution in [2.45, 2.75) is 22.7 Å². The Morgan fingerprint density at radius 2 is 1.94 bits per heavy atom. The van der Waals surface area contributed by atoms with Gasteiger partial charge in [0.2, 0.25) is 5.91 Å². The number of carboxylic acid groups (broad SMARTS) is 1. The predicted molar refractivity (Wildman–Crippen MR) is 119 cm³/mol. The Bertz CT molecular complexity index is 1060. The van der Waals surface area contributed by atoms with Gasteiger partial charge in [0.05, 0.1) is 12.1 Å². The molecule has 0 aliphatic carbocycles. The van der Waals surface area contributed by atoms with Crippen LogP contribution < -0.4 is 10.6 Å². The molecule has 1 saturated heterocycles. The zero-order chi connectivity index (χ0) is 22.0. The van der Waals surface area contributed by atoms with Crippen LogP contribution in [0.2, 0.25) is 0 Å². The molecule has 2 aliphatic heterocycles. The quantitative estimate of drug-likeness (QED) is 0.434. The number of thiophene rings is 1. The largest absolute Gasteiger partial charge is 0.477 e. The van der Waals surface area contributed by atoms with Gasteiger partial charge in [-0.2, -0.15) is 0 Å². The zero-order valence-electron chi connectivity index (χ0n) is 15.9. The molecule has 3 N–H and O–H groups in total. The van der Waals surface area contributed by atoms with Gasteiger partial charge in [0.15, 0.2) is 5.70 Å². The van der Waals surface area contributed by atoms with Crippen molar-refractivity contribution in [3.05, 3.63) is 64.1 Å². The van der Waals surface area contributed by atoms with Gasteiger partial charge in [-0.25, -0.2) is 4.79 Å². The lowest BCUT2D eigenvalue weighted by Crippen LogP contribution is -2.71. The number of carboxylic acids is 1. The second-order valence-electron chi connectivity index (χ2n) is 6.67. The van der Waals surface area contributed by atoms with Crippen LogP contribution >= 0.6 is 34.9 Å². The van der Waals surface area contributed by atoms with E-state index in [1.54, 1.807) is 24.3 Å². The molecule has 2 aromatic rings. The van der Waals surface area contributed by atoms with E-state index in [0.717, 1.165) is 21.5 Å². The number of thioether (sulfide) groups is 2. The topological polar surface area (TPSA) is 116 Å². The Morgan fingerprint density at radius 1 is 1.16 bits per heavy atom. The Morgan fingerprint density at radius 3 is 2.61 bits per heavy atom. The Kier molecular flexibility index (Phi) is 6.35. The minimum absolute atomic E-state index is 0.165. The maximum Gasteiger partial charge on any atom is 0.354 e. The molecule has 1 fully saturated rings. The van der Waals surface area contributed by atoms with E-state index < -0.39 is 28.5 Å². The van der Waals surface area contributed by atoms with Gasteiger partial charge >= 0.3 is 5.97 Å². The number of β-lactam (4-membered cyclic amide) rings is 1. The molecule has 0 radical (unpaired) electrons. The van der Waals surface area contributed by atoms with Crippen LogP contribution in [-0.2, 0) is 20.8 Å². The highest BCUT2D eigenvalue weighted by molar-refractivity contribution is 8.13. The number of carbonyl (C=O) groups excluding carboxylic acids is 3. The molecule has 1 aromatic heterocycles. The predicted octanol–water partition coefficient (Wildman–Crippen LogP) is 2.49. The standard InChI is InChI=1S/C20H17N3O5S3/c24-14(9-12-7-4-8-29-12)22-15-17(25)23-16(19(26)27)13(10-30-18(15)23)21-20(28)31-11-5-2-1-3-6-11/h1-8,15,18H,9-10H2,(H,21,28)(H,22,24)(H,26,27)/t15?,18-/m0/s1. The molecule has 8 nitrogen and oxygen atoms in total. The van der Waals surface area contributed by atoms with Crippen LogP contribution in [-0.4, -0.2) is 50.2 Å². The van der Waals surface area contributed by atoms with Crippen molar-refractivity contribution in [2.75, 3.05) is 5.75 Å². The fraction of sp³-hybridized carbons (Fsp3) is 0.200.